The van der Waals surface area contributed by atoms with E-state index in [0.29, 0.717) is 12.2 Å². The second-order valence-corrected chi connectivity index (χ2v) is 4.52. The third kappa shape index (κ3) is 2.07. The predicted molar refractivity (Wildman–Crippen MR) is 62.8 cm³/mol. The first-order valence-electron chi connectivity index (χ1n) is 5.01. The monoisotopic (exact) mass is 247 g/mol. The highest BCUT2D eigenvalue weighted by Gasteiger charge is 2.02. The Kier molecular flexibility index (Phi) is 2.41. The summed E-state index contributed by atoms with van der Waals surface area (Å²) in [6.07, 6.45) is 0. The van der Waals surface area contributed by atoms with E-state index in [1.807, 2.05) is 24.4 Å². The van der Waals surface area contributed by atoms with Gasteiger partial charge >= 0.3 is 0 Å². The van der Waals surface area contributed by atoms with Gasteiger partial charge < -0.3 is 5.32 Å². The fraction of sp³-hybridized carbons (Fsp3) is 0.222. The summed E-state index contributed by atoms with van der Waals surface area (Å²) in [5, 5.41) is 21.5. The van der Waals surface area contributed by atoms with Crippen molar-refractivity contribution in [1.29, 1.82) is 0 Å². The van der Waals surface area contributed by atoms with Crippen LogP contribution >= 0.6 is 11.3 Å². The molecular weight excluding hydrogens is 238 g/mol. The van der Waals surface area contributed by atoms with Crippen LogP contribution in [-0.4, -0.2) is 30.2 Å². The SMILES string of the molecule is Cc1nc(CNc2ccc3nnnn3n2)cs1. The van der Waals surface area contributed by atoms with Gasteiger partial charge in [0.1, 0.15) is 5.82 Å². The highest BCUT2D eigenvalue weighted by molar-refractivity contribution is 7.09. The standard InChI is InChI=1S/C9H9N7S/c1-6-11-7(5-17-6)4-10-8-2-3-9-12-14-15-16(9)13-8/h2-3,5H,4H2,1H3,(H,10,13). The number of nitrogens with zero attached hydrogens (tertiary/aromatic N) is 6. The number of fused-ring (bicyclic) bond motifs is 1. The number of hydrogen-bond donors (Lipinski definition) is 1. The summed E-state index contributed by atoms with van der Waals surface area (Å²) in [7, 11) is 0. The third-order valence-electron chi connectivity index (χ3n) is 2.19. The zero-order chi connectivity index (χ0) is 11.7. The van der Waals surface area contributed by atoms with Crippen molar-refractivity contribution in [1.82, 2.24) is 30.2 Å². The van der Waals surface area contributed by atoms with Crippen molar-refractivity contribution >= 4 is 22.8 Å². The van der Waals surface area contributed by atoms with Gasteiger partial charge in [0.2, 0.25) is 0 Å². The number of thiazole rings is 1. The summed E-state index contributed by atoms with van der Waals surface area (Å²) in [5.74, 6) is 0.718. The Morgan fingerprint density at radius 3 is 3.18 bits per heavy atom. The molecule has 0 radical (unpaired) electrons. The van der Waals surface area contributed by atoms with Crippen LogP contribution in [0.1, 0.15) is 10.7 Å². The minimum Gasteiger partial charge on any atom is -0.363 e. The van der Waals surface area contributed by atoms with E-state index in [0.717, 1.165) is 16.5 Å². The predicted octanol–water partition coefficient (Wildman–Crippen LogP) is 0.896. The molecule has 0 aromatic carbocycles. The quantitative estimate of drug-likeness (QED) is 0.740. The topological polar surface area (TPSA) is 80.9 Å². The van der Waals surface area contributed by atoms with Crippen molar-refractivity contribution in [3.05, 3.63) is 28.2 Å². The largest absolute Gasteiger partial charge is 0.363 e. The molecule has 0 aliphatic carbocycles. The average molecular weight is 247 g/mol. The summed E-state index contributed by atoms with van der Waals surface area (Å²) in [6, 6.07) is 3.65. The van der Waals surface area contributed by atoms with Crippen molar-refractivity contribution in [2.45, 2.75) is 13.5 Å². The van der Waals surface area contributed by atoms with Gasteiger partial charge in [-0.2, -0.15) is 0 Å². The molecule has 3 aromatic heterocycles. The molecule has 8 heteroatoms. The van der Waals surface area contributed by atoms with Gasteiger partial charge in [-0.1, -0.05) is 0 Å². The first-order valence-corrected chi connectivity index (χ1v) is 5.89. The summed E-state index contributed by atoms with van der Waals surface area (Å²) in [6.45, 7) is 2.63. The van der Waals surface area contributed by atoms with Crippen molar-refractivity contribution in [2.24, 2.45) is 0 Å². The Labute approximate surface area is 100 Å². The molecule has 0 saturated heterocycles. The molecule has 86 valence electrons. The second-order valence-electron chi connectivity index (χ2n) is 3.46. The maximum Gasteiger partial charge on any atom is 0.200 e. The van der Waals surface area contributed by atoms with Gasteiger partial charge in [-0.05, 0) is 29.5 Å². The van der Waals surface area contributed by atoms with Crippen LogP contribution in [0.3, 0.4) is 0 Å². The zero-order valence-corrected chi connectivity index (χ0v) is 9.85. The van der Waals surface area contributed by atoms with Gasteiger partial charge in [0.05, 0.1) is 17.2 Å². The van der Waals surface area contributed by atoms with Crippen LogP contribution in [0.2, 0.25) is 0 Å². The van der Waals surface area contributed by atoms with E-state index in [9.17, 15) is 0 Å². The fourth-order valence-electron chi connectivity index (χ4n) is 1.41. The van der Waals surface area contributed by atoms with Crippen LogP contribution in [0.4, 0.5) is 5.82 Å². The first-order chi connectivity index (χ1) is 8.31. The van der Waals surface area contributed by atoms with Crippen molar-refractivity contribution in [3.8, 4) is 0 Å². The summed E-state index contributed by atoms with van der Waals surface area (Å²) in [4.78, 5) is 4.36. The molecule has 0 aliphatic rings. The smallest absolute Gasteiger partial charge is 0.200 e. The van der Waals surface area contributed by atoms with Crippen LogP contribution in [0.25, 0.3) is 5.65 Å². The van der Waals surface area contributed by atoms with Gasteiger partial charge in [-0.25, -0.2) is 4.98 Å². The van der Waals surface area contributed by atoms with E-state index < -0.39 is 0 Å². The Balaban J connectivity index is 1.76. The molecule has 3 heterocycles. The van der Waals surface area contributed by atoms with Crippen LogP contribution in [0.15, 0.2) is 17.5 Å². The molecule has 7 nitrogen and oxygen atoms in total. The number of nitrogens with one attached hydrogen (secondary N) is 1. The normalized spacial score (nSPS) is 10.9. The van der Waals surface area contributed by atoms with Crippen molar-refractivity contribution < 1.29 is 0 Å². The second kappa shape index (κ2) is 4.06. The number of hydrogen-bond acceptors (Lipinski definition) is 7. The molecule has 0 spiro atoms. The van der Waals surface area contributed by atoms with Gasteiger partial charge in [-0.15, -0.1) is 26.2 Å². The summed E-state index contributed by atoms with van der Waals surface area (Å²) < 4.78 is 1.38. The number of aromatic nitrogens is 6. The Hall–Kier alpha value is -2.09. The number of tetrazole rings is 1. The van der Waals surface area contributed by atoms with E-state index in [2.05, 4.69) is 30.9 Å². The Morgan fingerprint density at radius 1 is 1.41 bits per heavy atom. The molecule has 3 rings (SSSR count). The molecule has 1 N–H and O–H groups in total. The van der Waals surface area contributed by atoms with E-state index in [1.165, 1.54) is 4.63 Å². The molecule has 0 aliphatic heterocycles. The van der Waals surface area contributed by atoms with Gasteiger partial charge in [-0.3, -0.25) is 0 Å². The molecule has 0 saturated carbocycles. The van der Waals surface area contributed by atoms with E-state index in [1.54, 1.807) is 11.3 Å². The van der Waals surface area contributed by atoms with Crippen LogP contribution in [0.5, 0.6) is 0 Å². The lowest BCUT2D eigenvalue weighted by atomic mass is 10.4. The van der Waals surface area contributed by atoms with Crippen LogP contribution < -0.4 is 5.32 Å². The summed E-state index contributed by atoms with van der Waals surface area (Å²) in [5.41, 5.74) is 1.63. The third-order valence-corrected chi connectivity index (χ3v) is 3.01. The van der Waals surface area contributed by atoms with E-state index in [4.69, 9.17) is 0 Å². The van der Waals surface area contributed by atoms with Gasteiger partial charge in [0.25, 0.3) is 0 Å². The van der Waals surface area contributed by atoms with Crippen LogP contribution in [-0.2, 0) is 6.54 Å². The fourth-order valence-corrected chi connectivity index (χ4v) is 2.03. The lowest BCUT2D eigenvalue weighted by Crippen LogP contribution is -2.05. The first kappa shape index (κ1) is 10.1. The van der Waals surface area contributed by atoms with E-state index >= 15 is 0 Å². The number of aryl methyl sites for hydroxylation is 1. The minimum absolute atomic E-state index is 0.625. The molecule has 0 fully saturated rings. The zero-order valence-electron chi connectivity index (χ0n) is 9.03. The Morgan fingerprint density at radius 2 is 2.35 bits per heavy atom. The minimum atomic E-state index is 0.625. The number of anilines is 1. The van der Waals surface area contributed by atoms with Crippen LogP contribution in [0, 0.1) is 6.92 Å². The molecule has 0 bridgehead atoms. The number of rotatable bonds is 3. The highest BCUT2D eigenvalue weighted by atomic mass is 32.1. The van der Waals surface area contributed by atoms with Crippen molar-refractivity contribution in [3.63, 3.8) is 0 Å². The summed E-state index contributed by atoms with van der Waals surface area (Å²) >= 11 is 1.63. The average Bonchev–Trinajstić information content (AvgIpc) is 2.94. The maximum atomic E-state index is 4.36. The Bertz CT molecular complexity index is 643. The molecule has 3 aromatic rings. The van der Waals surface area contributed by atoms with E-state index in [-0.39, 0.29) is 0 Å². The molecule has 0 unspecified atom stereocenters. The maximum absolute atomic E-state index is 4.36. The molecule has 0 amide bonds. The molecular formula is C9H9N7S. The lowest BCUT2D eigenvalue weighted by molar-refractivity contribution is 0.733. The molecule has 17 heavy (non-hydrogen) atoms. The van der Waals surface area contributed by atoms with Gasteiger partial charge in [0.15, 0.2) is 5.65 Å². The van der Waals surface area contributed by atoms with Gasteiger partial charge in [0, 0.05) is 5.38 Å². The van der Waals surface area contributed by atoms with Crippen molar-refractivity contribution in [2.75, 3.05) is 5.32 Å². The molecule has 0 atom stereocenters. The highest BCUT2D eigenvalue weighted by Crippen LogP contribution is 2.10. The lowest BCUT2D eigenvalue weighted by Gasteiger charge is -2.02.